The Morgan fingerprint density at radius 1 is 1.33 bits per heavy atom. The van der Waals surface area contributed by atoms with Crippen molar-refractivity contribution in [2.45, 2.75) is 52.0 Å². The first-order valence-corrected chi connectivity index (χ1v) is 8.74. The molecule has 1 N–H and O–H groups in total. The molecule has 21 heavy (non-hydrogen) atoms. The average molecular weight is 354 g/mol. The zero-order valence-corrected chi connectivity index (χ0v) is 14.9. The predicted molar refractivity (Wildman–Crippen MR) is 95.0 cm³/mol. The predicted octanol–water partition coefficient (Wildman–Crippen LogP) is 5.63. The van der Waals surface area contributed by atoms with E-state index in [2.05, 4.69) is 53.8 Å². The molecule has 0 amide bonds. The van der Waals surface area contributed by atoms with Crippen molar-refractivity contribution in [1.82, 2.24) is 5.32 Å². The molecule has 3 heteroatoms. The second-order valence-electron chi connectivity index (χ2n) is 5.34. The molecule has 1 aromatic carbocycles. The molecule has 118 valence electrons. The van der Waals surface area contributed by atoms with Gasteiger partial charge in [0.1, 0.15) is 5.75 Å². The smallest absolute Gasteiger partial charge is 0.124 e. The highest BCUT2D eigenvalue weighted by molar-refractivity contribution is 9.10. The van der Waals surface area contributed by atoms with Crippen LogP contribution >= 0.6 is 15.9 Å². The molecule has 0 heterocycles. The summed E-state index contributed by atoms with van der Waals surface area (Å²) in [5.41, 5.74) is 1.23. The lowest BCUT2D eigenvalue weighted by molar-refractivity contribution is 0.299. The highest BCUT2D eigenvalue weighted by atomic mass is 79.9. The Kier molecular flexibility index (Phi) is 9.44. The van der Waals surface area contributed by atoms with Crippen molar-refractivity contribution in [2.24, 2.45) is 0 Å². The molecule has 0 saturated carbocycles. The van der Waals surface area contributed by atoms with E-state index < -0.39 is 0 Å². The minimum Gasteiger partial charge on any atom is -0.493 e. The van der Waals surface area contributed by atoms with Gasteiger partial charge in [-0.15, -0.1) is 6.58 Å². The van der Waals surface area contributed by atoms with Crippen LogP contribution in [0.15, 0.2) is 35.3 Å². The van der Waals surface area contributed by atoms with Gasteiger partial charge < -0.3 is 10.1 Å². The summed E-state index contributed by atoms with van der Waals surface area (Å²) in [5.74, 6) is 0.998. The molecule has 0 fully saturated rings. The van der Waals surface area contributed by atoms with Gasteiger partial charge in [-0.2, -0.15) is 0 Å². The van der Waals surface area contributed by atoms with E-state index in [1.54, 1.807) is 0 Å². The van der Waals surface area contributed by atoms with Gasteiger partial charge >= 0.3 is 0 Å². The van der Waals surface area contributed by atoms with E-state index in [0.717, 1.165) is 42.6 Å². The van der Waals surface area contributed by atoms with Gasteiger partial charge in [-0.25, -0.2) is 0 Å². The highest BCUT2D eigenvalue weighted by Gasteiger charge is 2.11. The molecule has 0 aliphatic heterocycles. The van der Waals surface area contributed by atoms with Crippen LogP contribution in [0.1, 0.15) is 57.6 Å². The van der Waals surface area contributed by atoms with Crippen LogP contribution < -0.4 is 10.1 Å². The molecular weight excluding hydrogens is 326 g/mol. The van der Waals surface area contributed by atoms with Gasteiger partial charge in [-0.1, -0.05) is 28.9 Å². The average Bonchev–Trinajstić information content (AvgIpc) is 2.49. The van der Waals surface area contributed by atoms with Crippen LogP contribution in [-0.4, -0.2) is 13.2 Å². The Labute approximate surface area is 138 Å². The number of hydrogen-bond acceptors (Lipinski definition) is 2. The van der Waals surface area contributed by atoms with Crippen molar-refractivity contribution in [3.8, 4) is 5.75 Å². The normalized spacial score (nSPS) is 12.1. The van der Waals surface area contributed by atoms with Crippen LogP contribution in [0.2, 0.25) is 0 Å². The summed E-state index contributed by atoms with van der Waals surface area (Å²) in [6, 6.07) is 6.56. The molecule has 2 nitrogen and oxygen atoms in total. The summed E-state index contributed by atoms with van der Waals surface area (Å²) >= 11 is 3.55. The first kappa shape index (κ1) is 18.2. The molecule has 1 unspecified atom stereocenters. The molecule has 0 radical (unpaired) electrons. The molecule has 1 rings (SSSR count). The van der Waals surface area contributed by atoms with E-state index in [1.807, 2.05) is 12.1 Å². The summed E-state index contributed by atoms with van der Waals surface area (Å²) in [4.78, 5) is 0. The maximum Gasteiger partial charge on any atom is 0.124 e. The molecule has 0 bridgehead atoms. The molecule has 0 saturated heterocycles. The van der Waals surface area contributed by atoms with Crippen LogP contribution in [0, 0.1) is 0 Å². The van der Waals surface area contributed by atoms with Crippen LogP contribution in [0.4, 0.5) is 0 Å². The van der Waals surface area contributed by atoms with Crippen LogP contribution in [-0.2, 0) is 0 Å². The Morgan fingerprint density at radius 3 is 2.86 bits per heavy atom. The molecule has 0 aliphatic carbocycles. The zero-order valence-electron chi connectivity index (χ0n) is 13.3. The fourth-order valence-corrected chi connectivity index (χ4v) is 2.59. The van der Waals surface area contributed by atoms with Crippen molar-refractivity contribution < 1.29 is 4.74 Å². The largest absolute Gasteiger partial charge is 0.493 e. The number of rotatable bonds is 11. The number of benzene rings is 1. The van der Waals surface area contributed by atoms with Gasteiger partial charge in [0.15, 0.2) is 0 Å². The van der Waals surface area contributed by atoms with Crippen LogP contribution in [0.3, 0.4) is 0 Å². The summed E-state index contributed by atoms with van der Waals surface area (Å²) in [7, 11) is 0. The quantitative estimate of drug-likeness (QED) is 0.410. The Balaban J connectivity index is 2.53. The van der Waals surface area contributed by atoms with E-state index in [1.165, 1.54) is 18.4 Å². The highest BCUT2D eigenvalue weighted by Crippen LogP contribution is 2.28. The van der Waals surface area contributed by atoms with Gasteiger partial charge in [0.05, 0.1) is 6.61 Å². The fraction of sp³-hybridized carbons (Fsp3) is 0.556. The summed E-state index contributed by atoms with van der Waals surface area (Å²) in [6.45, 7) is 9.92. The van der Waals surface area contributed by atoms with Crippen molar-refractivity contribution >= 4 is 15.9 Å². The topological polar surface area (TPSA) is 21.3 Å². The monoisotopic (exact) mass is 353 g/mol. The van der Waals surface area contributed by atoms with E-state index in [0.29, 0.717) is 6.04 Å². The third-order valence-corrected chi connectivity index (χ3v) is 3.94. The molecule has 1 aromatic rings. The van der Waals surface area contributed by atoms with E-state index in [-0.39, 0.29) is 0 Å². The van der Waals surface area contributed by atoms with Crippen molar-refractivity contribution in [2.75, 3.05) is 13.2 Å². The number of unbranched alkanes of at least 4 members (excludes halogenated alkanes) is 3. The van der Waals surface area contributed by atoms with Gasteiger partial charge in [-0.3, -0.25) is 0 Å². The third kappa shape index (κ3) is 7.14. The standard InChI is InChI=1S/C18H28BrNO/c1-4-6-7-8-9-13-21-18-11-10-16(19)14-17(18)15(3)20-12-5-2/h4,10-11,14-15,20H,1,5-9,12-13H2,2-3H3. The Hall–Kier alpha value is -0.800. The second-order valence-corrected chi connectivity index (χ2v) is 6.26. The van der Waals surface area contributed by atoms with Crippen molar-refractivity contribution in [3.63, 3.8) is 0 Å². The molecule has 0 aromatic heterocycles. The lowest BCUT2D eigenvalue weighted by Gasteiger charge is -2.18. The summed E-state index contributed by atoms with van der Waals surface area (Å²) in [6.07, 6.45) is 7.71. The molecule has 0 spiro atoms. The van der Waals surface area contributed by atoms with Gasteiger partial charge in [0.2, 0.25) is 0 Å². The Bertz CT molecular complexity index is 420. The third-order valence-electron chi connectivity index (χ3n) is 3.45. The van der Waals surface area contributed by atoms with Crippen LogP contribution in [0.25, 0.3) is 0 Å². The number of nitrogens with one attached hydrogen (secondary N) is 1. The SMILES string of the molecule is C=CCCCCCOc1ccc(Br)cc1C(C)NCCC. The lowest BCUT2D eigenvalue weighted by Crippen LogP contribution is -2.20. The lowest BCUT2D eigenvalue weighted by atomic mass is 10.1. The minimum absolute atomic E-state index is 0.304. The molecular formula is C18H28BrNO. The maximum atomic E-state index is 5.99. The molecule has 0 aliphatic rings. The number of halogens is 1. The van der Waals surface area contributed by atoms with Gasteiger partial charge in [-0.05, 0) is 63.8 Å². The number of allylic oxidation sites excluding steroid dienone is 1. The number of ether oxygens (including phenoxy) is 1. The maximum absolute atomic E-state index is 5.99. The van der Waals surface area contributed by atoms with Gasteiger partial charge in [0.25, 0.3) is 0 Å². The van der Waals surface area contributed by atoms with Gasteiger partial charge in [0, 0.05) is 16.1 Å². The zero-order chi connectivity index (χ0) is 15.5. The first-order valence-electron chi connectivity index (χ1n) is 7.95. The minimum atomic E-state index is 0.304. The van der Waals surface area contributed by atoms with E-state index in [9.17, 15) is 0 Å². The van der Waals surface area contributed by atoms with E-state index in [4.69, 9.17) is 4.74 Å². The second kappa shape index (κ2) is 10.9. The van der Waals surface area contributed by atoms with Crippen LogP contribution in [0.5, 0.6) is 5.75 Å². The van der Waals surface area contributed by atoms with Crippen molar-refractivity contribution in [1.29, 1.82) is 0 Å². The summed E-state index contributed by atoms with van der Waals surface area (Å²) < 4.78 is 7.08. The first-order chi connectivity index (χ1) is 10.2. The Morgan fingerprint density at radius 2 is 2.14 bits per heavy atom. The fourth-order valence-electron chi connectivity index (χ4n) is 2.21. The summed E-state index contributed by atoms with van der Waals surface area (Å²) in [5, 5.41) is 3.52. The van der Waals surface area contributed by atoms with E-state index >= 15 is 0 Å². The molecule has 1 atom stereocenters. The van der Waals surface area contributed by atoms with Crippen molar-refractivity contribution in [3.05, 3.63) is 40.9 Å². The number of hydrogen-bond donors (Lipinski definition) is 1.